The number of carbonyl (C=O) groups excluding carboxylic acids is 1. The van der Waals surface area contributed by atoms with Crippen molar-refractivity contribution in [3.05, 3.63) is 24.2 Å². The van der Waals surface area contributed by atoms with Gasteiger partial charge >= 0.3 is 0 Å². The van der Waals surface area contributed by atoms with Gasteiger partial charge in [0.05, 0.1) is 6.26 Å². The number of halogens is 1. The molecule has 0 amide bonds. The van der Waals surface area contributed by atoms with E-state index in [-0.39, 0.29) is 5.78 Å². The van der Waals surface area contributed by atoms with Crippen molar-refractivity contribution in [2.24, 2.45) is 0 Å². The molecule has 4 nitrogen and oxygen atoms in total. The molecule has 1 fully saturated rings. The van der Waals surface area contributed by atoms with Gasteiger partial charge in [-0.3, -0.25) is 9.69 Å². The van der Waals surface area contributed by atoms with E-state index in [2.05, 4.69) is 37.3 Å². The van der Waals surface area contributed by atoms with E-state index in [1.807, 2.05) is 0 Å². The molecule has 0 aromatic carbocycles. The molecule has 0 radical (unpaired) electrons. The van der Waals surface area contributed by atoms with Crippen LogP contribution < -0.4 is 0 Å². The van der Waals surface area contributed by atoms with Crippen LogP contribution in [0, 0.1) is 0 Å². The summed E-state index contributed by atoms with van der Waals surface area (Å²) in [5.41, 5.74) is 0. The molecule has 1 aliphatic rings. The molecule has 1 aromatic rings. The molecule has 1 unspecified atom stereocenters. The highest BCUT2D eigenvalue weighted by atomic mass is 127. The second-order valence-electron chi connectivity index (χ2n) is 5.10. The maximum absolute atomic E-state index is 12.2. The van der Waals surface area contributed by atoms with Gasteiger partial charge in [-0.15, -0.1) is 0 Å². The van der Waals surface area contributed by atoms with Crippen LogP contribution in [-0.4, -0.2) is 47.2 Å². The zero-order chi connectivity index (χ0) is 14.4. The van der Waals surface area contributed by atoms with Crippen LogP contribution in [0.3, 0.4) is 0 Å². The molecule has 1 aliphatic heterocycles. The SMILES string of the molecule is CCCCN1CCN(SI)CC1CC(=O)c1ccco1. The number of unbranched alkanes of at least 4 members (excludes halogenated alkanes) is 1. The first-order chi connectivity index (χ1) is 9.74. The molecule has 2 heterocycles. The number of nitrogens with zero attached hydrogens (tertiary/aromatic N) is 2. The first-order valence-electron chi connectivity index (χ1n) is 7.09. The predicted octanol–water partition coefficient (Wildman–Crippen LogP) is 3.64. The number of carbonyl (C=O) groups is 1. The summed E-state index contributed by atoms with van der Waals surface area (Å²) < 4.78 is 7.55. The topological polar surface area (TPSA) is 36.7 Å². The molecule has 1 atom stereocenters. The van der Waals surface area contributed by atoms with Crippen molar-refractivity contribution in [3.8, 4) is 0 Å². The Hall–Kier alpha value is -0.0500. The second kappa shape index (κ2) is 8.41. The molecule has 0 spiro atoms. The second-order valence-corrected chi connectivity index (χ2v) is 6.94. The van der Waals surface area contributed by atoms with Gasteiger partial charge in [-0.05, 0) is 34.2 Å². The Labute approximate surface area is 137 Å². The van der Waals surface area contributed by atoms with Crippen LogP contribution in [0.5, 0.6) is 0 Å². The predicted molar refractivity (Wildman–Crippen MR) is 91.1 cm³/mol. The third-order valence-electron chi connectivity index (χ3n) is 3.68. The summed E-state index contributed by atoms with van der Waals surface area (Å²) in [6.07, 6.45) is 4.50. The van der Waals surface area contributed by atoms with Gasteiger partial charge in [0.25, 0.3) is 0 Å². The molecular weight excluding hydrogens is 387 g/mol. The van der Waals surface area contributed by atoms with E-state index >= 15 is 0 Å². The van der Waals surface area contributed by atoms with Crippen molar-refractivity contribution < 1.29 is 9.21 Å². The standard InChI is InChI=1S/C14H21IN2O2S/c1-2-3-6-16-7-8-17(20-15)11-12(16)10-13(18)14-5-4-9-19-14/h4-5,9,12H,2-3,6-8,10-11H2,1H3. The van der Waals surface area contributed by atoms with Crippen molar-refractivity contribution in [2.75, 3.05) is 26.2 Å². The van der Waals surface area contributed by atoms with Crippen molar-refractivity contribution in [3.63, 3.8) is 0 Å². The summed E-state index contributed by atoms with van der Waals surface area (Å²) in [5, 5.41) is 0. The van der Waals surface area contributed by atoms with E-state index in [0.717, 1.165) is 26.2 Å². The number of hydrogen-bond acceptors (Lipinski definition) is 5. The Morgan fingerprint density at radius 2 is 2.40 bits per heavy atom. The average Bonchev–Trinajstić information content (AvgIpc) is 3.00. The highest BCUT2D eigenvalue weighted by Crippen LogP contribution is 2.25. The van der Waals surface area contributed by atoms with E-state index in [4.69, 9.17) is 4.42 Å². The molecule has 20 heavy (non-hydrogen) atoms. The van der Waals surface area contributed by atoms with Crippen LogP contribution in [-0.2, 0) is 0 Å². The fraction of sp³-hybridized carbons (Fsp3) is 0.643. The molecule has 0 saturated carbocycles. The number of furan rings is 1. The van der Waals surface area contributed by atoms with Gasteiger partial charge in [-0.1, -0.05) is 13.3 Å². The van der Waals surface area contributed by atoms with Gasteiger partial charge in [0.1, 0.15) is 0 Å². The number of piperazine rings is 1. The lowest BCUT2D eigenvalue weighted by molar-refractivity contribution is 0.0802. The molecular formula is C14H21IN2O2S. The Bertz CT molecular complexity index is 413. The Morgan fingerprint density at radius 3 is 3.05 bits per heavy atom. The van der Waals surface area contributed by atoms with E-state index in [0.29, 0.717) is 18.2 Å². The fourth-order valence-corrected chi connectivity index (χ4v) is 3.98. The largest absolute Gasteiger partial charge is 0.461 e. The van der Waals surface area contributed by atoms with Crippen LogP contribution in [0.15, 0.2) is 22.8 Å². The van der Waals surface area contributed by atoms with Gasteiger partial charge < -0.3 is 4.42 Å². The number of Topliss-reactive ketones (excluding diaryl/α,β-unsaturated/α-hetero) is 1. The van der Waals surface area contributed by atoms with Gasteiger partial charge in [0, 0.05) is 53.3 Å². The maximum Gasteiger partial charge on any atom is 0.199 e. The van der Waals surface area contributed by atoms with E-state index in [1.54, 1.807) is 27.5 Å². The zero-order valence-corrected chi connectivity index (χ0v) is 14.7. The molecule has 1 saturated heterocycles. The van der Waals surface area contributed by atoms with Gasteiger partial charge in [-0.25, -0.2) is 4.31 Å². The fourth-order valence-electron chi connectivity index (χ4n) is 2.53. The minimum absolute atomic E-state index is 0.113. The molecule has 6 heteroatoms. The van der Waals surface area contributed by atoms with Crippen LogP contribution >= 0.6 is 30.3 Å². The first kappa shape index (κ1) is 16.3. The van der Waals surface area contributed by atoms with E-state index < -0.39 is 0 Å². The lowest BCUT2D eigenvalue weighted by Gasteiger charge is -2.39. The summed E-state index contributed by atoms with van der Waals surface area (Å²) in [5.74, 6) is 0.599. The third kappa shape index (κ3) is 4.47. The summed E-state index contributed by atoms with van der Waals surface area (Å²) >= 11 is 2.32. The maximum atomic E-state index is 12.2. The number of rotatable bonds is 7. The number of ketones is 1. The highest BCUT2D eigenvalue weighted by molar-refractivity contribution is 14.2. The third-order valence-corrected chi connectivity index (χ3v) is 5.88. The lowest BCUT2D eigenvalue weighted by atomic mass is 10.0. The summed E-state index contributed by atoms with van der Waals surface area (Å²) in [4.78, 5) is 14.7. The van der Waals surface area contributed by atoms with Crippen LogP contribution in [0.1, 0.15) is 36.7 Å². The quantitative estimate of drug-likeness (QED) is 0.391. The minimum atomic E-state index is 0.113. The lowest BCUT2D eigenvalue weighted by Crippen LogP contribution is -2.51. The van der Waals surface area contributed by atoms with Gasteiger partial charge in [-0.2, -0.15) is 0 Å². The van der Waals surface area contributed by atoms with E-state index in [1.165, 1.54) is 12.8 Å². The molecule has 0 aliphatic carbocycles. The normalized spacial score (nSPS) is 21.2. The number of hydrogen-bond donors (Lipinski definition) is 0. The Kier molecular flexibility index (Phi) is 6.86. The summed E-state index contributed by atoms with van der Waals surface area (Å²) in [6.45, 7) is 6.37. The van der Waals surface area contributed by atoms with Crippen molar-refractivity contribution in [2.45, 2.75) is 32.2 Å². The average molecular weight is 408 g/mol. The molecule has 2 rings (SSSR count). The van der Waals surface area contributed by atoms with Gasteiger partial charge in [0.2, 0.25) is 0 Å². The van der Waals surface area contributed by atoms with Crippen LogP contribution in [0.2, 0.25) is 0 Å². The van der Waals surface area contributed by atoms with E-state index in [9.17, 15) is 4.79 Å². The molecule has 0 N–H and O–H groups in total. The highest BCUT2D eigenvalue weighted by Gasteiger charge is 2.29. The summed E-state index contributed by atoms with van der Waals surface area (Å²) in [6, 6.07) is 3.83. The molecule has 0 bridgehead atoms. The van der Waals surface area contributed by atoms with Crippen LogP contribution in [0.25, 0.3) is 0 Å². The Balaban J connectivity index is 1.97. The summed E-state index contributed by atoms with van der Waals surface area (Å²) in [7, 11) is 1.74. The smallest absolute Gasteiger partial charge is 0.199 e. The monoisotopic (exact) mass is 408 g/mol. The van der Waals surface area contributed by atoms with Crippen LogP contribution in [0.4, 0.5) is 0 Å². The van der Waals surface area contributed by atoms with Gasteiger partial charge in [0.15, 0.2) is 11.5 Å². The molecule has 1 aromatic heterocycles. The Morgan fingerprint density at radius 1 is 1.55 bits per heavy atom. The van der Waals surface area contributed by atoms with Crippen molar-refractivity contribution in [1.82, 2.24) is 9.21 Å². The first-order valence-corrected chi connectivity index (χ1v) is 10.4. The molecule has 112 valence electrons. The van der Waals surface area contributed by atoms with Crippen molar-refractivity contribution >= 4 is 36.1 Å². The minimum Gasteiger partial charge on any atom is -0.461 e. The zero-order valence-electron chi connectivity index (χ0n) is 11.8. The van der Waals surface area contributed by atoms with Crippen molar-refractivity contribution in [1.29, 1.82) is 0 Å².